The third-order valence-electron chi connectivity index (χ3n) is 10.9. The van der Waals surface area contributed by atoms with Gasteiger partial charge >= 0.3 is 37.7 Å². The molecule has 0 bridgehead atoms. The Hall–Kier alpha value is -4.92. The molecule has 0 amide bonds. The molecule has 4 aromatic carbocycles. The van der Waals surface area contributed by atoms with Crippen LogP contribution in [0.15, 0.2) is 109 Å². The quantitative estimate of drug-likeness (QED) is 0.0843. The summed E-state index contributed by atoms with van der Waals surface area (Å²) in [6.07, 6.45) is 4.48. The fourth-order valence-electron chi connectivity index (χ4n) is 7.75. The summed E-state index contributed by atoms with van der Waals surface area (Å²) in [7, 11) is 0. The molecule has 8 rings (SSSR count). The second-order valence-electron chi connectivity index (χ2n) is 15.9. The third kappa shape index (κ3) is 12.2. The zero-order valence-corrected chi connectivity index (χ0v) is 36.7. The van der Waals surface area contributed by atoms with Crippen LogP contribution in [0.25, 0.3) is 56.2 Å². The summed E-state index contributed by atoms with van der Waals surface area (Å²) in [6, 6.07) is 28.3. The van der Waals surface area contributed by atoms with E-state index in [1.54, 1.807) is 48.6 Å². The molecule has 0 radical (unpaired) electrons. The summed E-state index contributed by atoms with van der Waals surface area (Å²) in [5.41, 5.74) is 7.08. The molecule has 0 spiro atoms. The van der Waals surface area contributed by atoms with Gasteiger partial charge in [-0.25, -0.2) is 8.78 Å². The van der Waals surface area contributed by atoms with Crippen molar-refractivity contribution in [1.82, 2.24) is 9.97 Å². The number of carbonyl (C=O) groups excluding carboxylic acids is 2. The van der Waals surface area contributed by atoms with Gasteiger partial charge in [0.05, 0.1) is 46.8 Å². The number of pyridine rings is 2. The van der Waals surface area contributed by atoms with E-state index in [1.807, 2.05) is 48.5 Å². The van der Waals surface area contributed by atoms with E-state index in [-0.39, 0.29) is 74.1 Å². The minimum atomic E-state index is -1.37. The monoisotopic (exact) mass is 880 g/mol. The van der Waals surface area contributed by atoms with Crippen LogP contribution < -0.4 is 10.2 Å². The summed E-state index contributed by atoms with van der Waals surface area (Å²) in [4.78, 5) is 31.0. The second-order valence-corrected chi connectivity index (χ2v) is 15.9. The molecule has 13 heteroatoms. The van der Waals surface area contributed by atoms with Crippen molar-refractivity contribution in [3.63, 3.8) is 0 Å². The molecule has 4 atom stereocenters. The number of nitrogens with zero attached hydrogens (tertiary/aromatic N) is 2. The van der Waals surface area contributed by atoms with Gasteiger partial charge in [-0.2, -0.15) is 0 Å². The smallest absolute Gasteiger partial charge is 0.550 e. The molecule has 63 heavy (non-hydrogen) atoms. The molecule has 2 aliphatic carbocycles. The van der Waals surface area contributed by atoms with Crippen molar-refractivity contribution in [2.24, 2.45) is 0 Å². The SMILES string of the molecule is O=C([O-])C[C@H](O)C[C@H](O)/C=C/c1c(C2CC2)nc2ccccc2c1-c1ccccc1F.O=C([O-])C[C@H](O)C[C@H](O)/C=C/c1c(C2CC2)nc2ccccc2c1-c1ccccc1F.[Ca+2]. The number of hydrogen-bond donors (Lipinski definition) is 4. The maximum Gasteiger partial charge on any atom is 2.00 e. The van der Waals surface area contributed by atoms with Gasteiger partial charge in [-0.15, -0.1) is 0 Å². The van der Waals surface area contributed by atoms with Crippen LogP contribution in [0.1, 0.15) is 85.7 Å². The Morgan fingerprint density at radius 3 is 1.29 bits per heavy atom. The summed E-state index contributed by atoms with van der Waals surface area (Å²) in [6.45, 7) is 0. The maximum atomic E-state index is 14.8. The van der Waals surface area contributed by atoms with Gasteiger partial charge in [0.2, 0.25) is 0 Å². The molecule has 10 nitrogen and oxygen atoms in total. The van der Waals surface area contributed by atoms with Crippen LogP contribution in [0.3, 0.4) is 0 Å². The van der Waals surface area contributed by atoms with Gasteiger partial charge in [-0.1, -0.05) is 97.1 Å². The van der Waals surface area contributed by atoms with Crippen molar-refractivity contribution in [3.8, 4) is 22.3 Å². The molecule has 4 N–H and O–H groups in total. The number of carboxylic acids is 2. The number of halogens is 2. The molecule has 2 fully saturated rings. The average Bonchev–Trinajstić information content (AvgIpc) is 4.17. The van der Waals surface area contributed by atoms with Gasteiger partial charge in [-0.3, -0.25) is 9.97 Å². The van der Waals surface area contributed by atoms with Gasteiger partial charge in [0, 0.05) is 93.6 Å². The van der Waals surface area contributed by atoms with E-state index in [4.69, 9.17) is 9.97 Å². The molecule has 2 aliphatic rings. The van der Waals surface area contributed by atoms with E-state index in [9.17, 15) is 49.0 Å². The molecule has 2 saturated carbocycles. The number of aliphatic hydroxyl groups excluding tert-OH is 4. The number of fused-ring (bicyclic) bond motifs is 2. The number of aliphatic carboxylic acids is 2. The van der Waals surface area contributed by atoms with Crippen molar-refractivity contribution in [2.45, 2.75) is 87.6 Å². The summed E-state index contributed by atoms with van der Waals surface area (Å²) in [5.74, 6) is -2.90. The van der Waals surface area contributed by atoms with Crippen molar-refractivity contribution in [1.29, 1.82) is 0 Å². The van der Waals surface area contributed by atoms with E-state index >= 15 is 0 Å². The zero-order valence-electron chi connectivity index (χ0n) is 34.4. The Bertz CT molecular complexity index is 2470. The van der Waals surface area contributed by atoms with Crippen LogP contribution >= 0.6 is 0 Å². The van der Waals surface area contributed by atoms with Crippen LogP contribution in [0.4, 0.5) is 8.78 Å². The Morgan fingerprint density at radius 1 is 0.587 bits per heavy atom. The summed E-state index contributed by atoms with van der Waals surface area (Å²) >= 11 is 0. The van der Waals surface area contributed by atoms with E-state index in [0.29, 0.717) is 22.3 Å². The standard InChI is InChI=1S/2C25H24FNO4.Ca/c2*26-21-7-3-1-5-18(21)24-19-6-2-4-8-22(19)27-25(15-9-10-15)20(24)12-11-16(28)13-17(29)14-23(30)31;/h2*1-8,11-12,15-17,28-29H,9-10,13-14H2,(H,30,31);/q;;+2/p-2/b2*12-11+;/t2*16-,17-;/m11./s1. The minimum absolute atomic E-state index is 0. The van der Waals surface area contributed by atoms with Crippen molar-refractivity contribution in [3.05, 3.63) is 143 Å². The molecule has 2 aromatic heterocycles. The molecule has 320 valence electrons. The van der Waals surface area contributed by atoms with E-state index in [0.717, 1.165) is 70.0 Å². The summed E-state index contributed by atoms with van der Waals surface area (Å²) < 4.78 is 29.7. The first-order valence-electron chi connectivity index (χ1n) is 20.7. The van der Waals surface area contributed by atoms with E-state index in [2.05, 4.69) is 0 Å². The Kier molecular flexibility index (Phi) is 16.3. The first kappa shape index (κ1) is 47.6. The third-order valence-corrected chi connectivity index (χ3v) is 10.9. The maximum absolute atomic E-state index is 14.8. The number of hydrogen-bond acceptors (Lipinski definition) is 10. The Balaban J connectivity index is 0.000000206. The van der Waals surface area contributed by atoms with Gasteiger partial charge in [0.15, 0.2) is 0 Å². The Labute approximate surface area is 393 Å². The van der Waals surface area contributed by atoms with Crippen molar-refractivity contribution < 1.29 is 49.0 Å². The van der Waals surface area contributed by atoms with Gasteiger partial charge in [-0.05, 0) is 49.9 Å². The largest absolute Gasteiger partial charge is 2.00 e. The topological polar surface area (TPSA) is 187 Å². The molecule has 0 aliphatic heterocycles. The first-order chi connectivity index (χ1) is 29.9. The molecular formula is C50H46CaF2N2O8. The van der Waals surface area contributed by atoms with Crippen LogP contribution in [-0.2, 0) is 9.59 Å². The summed E-state index contributed by atoms with van der Waals surface area (Å²) in [5, 5.41) is 63.1. The van der Waals surface area contributed by atoms with Crippen LogP contribution in [-0.4, -0.2) is 104 Å². The predicted octanol–water partition coefficient (Wildman–Crippen LogP) is 5.99. The van der Waals surface area contributed by atoms with E-state index in [1.165, 1.54) is 24.3 Å². The van der Waals surface area contributed by atoms with Gasteiger partial charge < -0.3 is 40.2 Å². The fraction of sp³-hybridized carbons (Fsp3) is 0.280. The van der Waals surface area contributed by atoms with Gasteiger partial charge in [0.1, 0.15) is 11.6 Å². The number of aliphatic hydroxyl groups is 4. The Morgan fingerprint density at radius 2 is 0.937 bits per heavy atom. The number of para-hydroxylation sites is 2. The van der Waals surface area contributed by atoms with Crippen LogP contribution in [0.2, 0.25) is 0 Å². The fourth-order valence-corrected chi connectivity index (χ4v) is 7.75. The molecule has 6 aromatic rings. The minimum Gasteiger partial charge on any atom is -0.550 e. The first-order valence-corrected chi connectivity index (χ1v) is 20.7. The average molecular weight is 881 g/mol. The zero-order chi connectivity index (χ0) is 43.9. The molecular weight excluding hydrogens is 835 g/mol. The van der Waals surface area contributed by atoms with Crippen molar-refractivity contribution in [2.75, 3.05) is 0 Å². The predicted molar refractivity (Wildman–Crippen MR) is 235 cm³/mol. The normalized spacial score (nSPS) is 15.7. The molecule has 2 heterocycles. The number of carboxylic acid groups (broad SMARTS) is 2. The molecule has 0 unspecified atom stereocenters. The van der Waals surface area contributed by atoms with Crippen LogP contribution in [0.5, 0.6) is 0 Å². The van der Waals surface area contributed by atoms with E-state index < -0.39 is 49.2 Å². The number of aromatic nitrogens is 2. The second kappa shape index (κ2) is 21.6. The molecule has 0 saturated heterocycles. The van der Waals surface area contributed by atoms with Crippen LogP contribution in [0, 0.1) is 11.6 Å². The number of benzene rings is 4. The number of rotatable bonds is 16. The number of carbonyl (C=O) groups is 2. The van der Waals surface area contributed by atoms with Crippen molar-refractivity contribution >= 4 is 83.6 Å². The van der Waals surface area contributed by atoms with Gasteiger partial charge in [0.25, 0.3) is 0 Å².